The number of halogens is 1. The number of hydrogen-bond donors (Lipinski definition) is 1. The Kier molecular flexibility index (Phi) is 3.74. The van der Waals surface area contributed by atoms with Crippen LogP contribution >= 0.6 is 11.6 Å². The molecule has 1 aromatic rings. The van der Waals surface area contributed by atoms with E-state index < -0.39 is 5.60 Å². The van der Waals surface area contributed by atoms with Gasteiger partial charge in [-0.1, -0.05) is 24.4 Å². The third-order valence-electron chi connectivity index (χ3n) is 4.81. The summed E-state index contributed by atoms with van der Waals surface area (Å²) >= 11 is 5.85. The normalized spacial score (nSPS) is 29.9. The minimum Gasteiger partial charge on any atom is -0.389 e. The van der Waals surface area contributed by atoms with Gasteiger partial charge < -0.3 is 10.0 Å². The van der Waals surface area contributed by atoms with Crippen molar-refractivity contribution in [1.82, 2.24) is 4.90 Å². The third kappa shape index (κ3) is 2.57. The Morgan fingerprint density at radius 2 is 2.00 bits per heavy atom. The molecule has 1 aliphatic heterocycles. The molecule has 0 spiro atoms. The van der Waals surface area contributed by atoms with Gasteiger partial charge in [-0.2, -0.15) is 0 Å². The van der Waals surface area contributed by atoms with Crippen molar-refractivity contribution < 1.29 is 9.90 Å². The van der Waals surface area contributed by atoms with Crippen molar-refractivity contribution in [1.29, 1.82) is 0 Å². The molecule has 0 radical (unpaired) electrons. The lowest BCUT2D eigenvalue weighted by Gasteiger charge is -2.47. The number of fused-ring (bicyclic) bond motifs is 1. The average Bonchev–Trinajstić information content (AvgIpc) is 2.46. The Balaban J connectivity index is 1.72. The van der Waals surface area contributed by atoms with Crippen LogP contribution in [-0.4, -0.2) is 34.6 Å². The molecule has 3 rings (SSSR count). The number of hydrogen-bond acceptors (Lipinski definition) is 2. The summed E-state index contributed by atoms with van der Waals surface area (Å²) < 4.78 is 0. The molecule has 3 nitrogen and oxygen atoms in total. The fourth-order valence-electron chi connectivity index (χ4n) is 3.53. The predicted octanol–water partition coefficient (Wildman–Crippen LogP) is 3.11. The number of piperidine rings is 1. The quantitative estimate of drug-likeness (QED) is 0.864. The average molecular weight is 294 g/mol. The summed E-state index contributed by atoms with van der Waals surface area (Å²) in [6.45, 7) is 1.33. The number of likely N-dealkylation sites (tertiary alicyclic amines) is 1. The molecule has 20 heavy (non-hydrogen) atoms. The van der Waals surface area contributed by atoms with Crippen molar-refractivity contribution in [3.05, 3.63) is 34.9 Å². The Morgan fingerprint density at radius 3 is 2.75 bits per heavy atom. The monoisotopic (exact) mass is 293 g/mol. The van der Waals surface area contributed by atoms with E-state index in [1.54, 1.807) is 24.3 Å². The largest absolute Gasteiger partial charge is 0.389 e. The molecule has 1 heterocycles. The van der Waals surface area contributed by atoms with E-state index in [2.05, 4.69) is 0 Å². The maximum Gasteiger partial charge on any atom is 0.253 e. The molecule has 2 atom stereocenters. The molecular weight excluding hydrogens is 274 g/mol. The van der Waals surface area contributed by atoms with Gasteiger partial charge in [0.05, 0.1) is 5.60 Å². The smallest absolute Gasteiger partial charge is 0.253 e. The lowest BCUT2D eigenvalue weighted by atomic mass is 9.71. The molecule has 1 aliphatic carbocycles. The maximum atomic E-state index is 12.5. The molecule has 1 saturated carbocycles. The first-order valence-electron chi connectivity index (χ1n) is 7.36. The van der Waals surface area contributed by atoms with Crippen LogP contribution in [-0.2, 0) is 0 Å². The molecule has 2 fully saturated rings. The second kappa shape index (κ2) is 5.38. The van der Waals surface area contributed by atoms with Gasteiger partial charge in [0.25, 0.3) is 5.91 Å². The Hall–Kier alpha value is -1.06. The van der Waals surface area contributed by atoms with E-state index in [1.165, 1.54) is 0 Å². The second-order valence-electron chi connectivity index (χ2n) is 6.05. The number of carbonyl (C=O) groups is 1. The van der Waals surface area contributed by atoms with Gasteiger partial charge in [-0.15, -0.1) is 0 Å². The van der Waals surface area contributed by atoms with Crippen molar-refractivity contribution >= 4 is 17.5 Å². The molecule has 1 aromatic carbocycles. The maximum absolute atomic E-state index is 12.5. The zero-order chi connectivity index (χ0) is 14.2. The highest BCUT2D eigenvalue weighted by Crippen LogP contribution is 2.40. The number of rotatable bonds is 1. The van der Waals surface area contributed by atoms with Gasteiger partial charge in [-0.3, -0.25) is 4.79 Å². The lowest BCUT2D eigenvalue weighted by molar-refractivity contribution is -0.0886. The van der Waals surface area contributed by atoms with Crippen LogP contribution in [0.4, 0.5) is 0 Å². The summed E-state index contributed by atoms with van der Waals surface area (Å²) in [7, 11) is 0. The zero-order valence-electron chi connectivity index (χ0n) is 11.5. The second-order valence-corrected chi connectivity index (χ2v) is 6.49. The van der Waals surface area contributed by atoms with Crippen molar-refractivity contribution in [2.24, 2.45) is 5.92 Å². The molecule has 108 valence electrons. The molecule has 0 unspecified atom stereocenters. The van der Waals surface area contributed by atoms with E-state index in [0.717, 1.165) is 25.7 Å². The first-order valence-corrected chi connectivity index (χ1v) is 7.73. The number of carbonyl (C=O) groups excluding carboxylic acids is 1. The van der Waals surface area contributed by atoms with Crippen molar-refractivity contribution in [2.75, 3.05) is 13.1 Å². The van der Waals surface area contributed by atoms with Crippen LogP contribution in [0.15, 0.2) is 24.3 Å². The van der Waals surface area contributed by atoms with E-state index >= 15 is 0 Å². The molecular formula is C16H20ClNO2. The van der Waals surface area contributed by atoms with Gasteiger partial charge in [-0.05, 0) is 43.5 Å². The van der Waals surface area contributed by atoms with Gasteiger partial charge in [-0.25, -0.2) is 0 Å². The molecule has 1 saturated heterocycles. The summed E-state index contributed by atoms with van der Waals surface area (Å²) in [5.74, 6) is 0.288. The summed E-state index contributed by atoms with van der Waals surface area (Å²) in [4.78, 5) is 14.4. The summed E-state index contributed by atoms with van der Waals surface area (Å²) in [6, 6.07) is 7.03. The minimum absolute atomic E-state index is 0.0503. The SMILES string of the molecule is O=C(c1ccc(Cl)cc1)N1CC[C@@]2(O)CCCC[C@H]2C1. The van der Waals surface area contributed by atoms with Crippen LogP contribution in [0.2, 0.25) is 5.02 Å². The van der Waals surface area contributed by atoms with Gasteiger partial charge in [0.2, 0.25) is 0 Å². The van der Waals surface area contributed by atoms with Crippen LogP contribution < -0.4 is 0 Å². The molecule has 0 bridgehead atoms. The summed E-state index contributed by atoms with van der Waals surface area (Å²) in [5, 5.41) is 11.3. The van der Waals surface area contributed by atoms with Crippen LogP contribution in [0.1, 0.15) is 42.5 Å². The number of aliphatic hydroxyl groups is 1. The first kappa shape index (κ1) is 13.9. The van der Waals surface area contributed by atoms with Crippen molar-refractivity contribution in [2.45, 2.75) is 37.7 Å². The number of benzene rings is 1. The lowest BCUT2D eigenvalue weighted by Crippen LogP contribution is -2.54. The standard InChI is InChI=1S/C16H20ClNO2/c17-14-6-4-12(5-7-14)15(19)18-10-9-16(20)8-2-1-3-13(16)11-18/h4-7,13,20H,1-3,8-11H2/t13-,16-/m0/s1. The van der Waals surface area contributed by atoms with Gasteiger partial charge in [0.1, 0.15) is 0 Å². The molecule has 1 amide bonds. The molecule has 0 aromatic heterocycles. The Morgan fingerprint density at radius 1 is 1.25 bits per heavy atom. The fourth-order valence-corrected chi connectivity index (χ4v) is 3.66. The van der Waals surface area contributed by atoms with E-state index in [9.17, 15) is 9.90 Å². The number of amides is 1. The van der Waals surface area contributed by atoms with Gasteiger partial charge in [0.15, 0.2) is 0 Å². The summed E-state index contributed by atoms with van der Waals surface area (Å²) in [6.07, 6.45) is 4.90. The summed E-state index contributed by atoms with van der Waals surface area (Å²) in [5.41, 5.74) is 0.144. The van der Waals surface area contributed by atoms with E-state index in [-0.39, 0.29) is 11.8 Å². The van der Waals surface area contributed by atoms with Crippen LogP contribution in [0.25, 0.3) is 0 Å². The van der Waals surface area contributed by atoms with Crippen LogP contribution in [0, 0.1) is 5.92 Å². The highest BCUT2D eigenvalue weighted by molar-refractivity contribution is 6.30. The van der Waals surface area contributed by atoms with E-state index in [0.29, 0.717) is 30.1 Å². The van der Waals surface area contributed by atoms with Gasteiger partial charge >= 0.3 is 0 Å². The Bertz CT molecular complexity index is 502. The number of nitrogens with zero attached hydrogens (tertiary/aromatic N) is 1. The first-order chi connectivity index (χ1) is 9.58. The highest BCUT2D eigenvalue weighted by Gasteiger charge is 2.43. The fraction of sp³-hybridized carbons (Fsp3) is 0.562. The van der Waals surface area contributed by atoms with E-state index in [4.69, 9.17) is 11.6 Å². The Labute approximate surface area is 124 Å². The topological polar surface area (TPSA) is 40.5 Å². The minimum atomic E-state index is -0.533. The van der Waals surface area contributed by atoms with Crippen molar-refractivity contribution in [3.8, 4) is 0 Å². The highest BCUT2D eigenvalue weighted by atomic mass is 35.5. The van der Waals surface area contributed by atoms with E-state index in [1.807, 2.05) is 4.90 Å². The predicted molar refractivity (Wildman–Crippen MR) is 78.9 cm³/mol. The van der Waals surface area contributed by atoms with Crippen molar-refractivity contribution in [3.63, 3.8) is 0 Å². The molecule has 1 N–H and O–H groups in total. The molecule has 2 aliphatic rings. The van der Waals surface area contributed by atoms with Gasteiger partial charge in [0, 0.05) is 29.6 Å². The van der Waals surface area contributed by atoms with Crippen LogP contribution in [0.5, 0.6) is 0 Å². The molecule has 4 heteroatoms. The third-order valence-corrected chi connectivity index (χ3v) is 5.06. The zero-order valence-corrected chi connectivity index (χ0v) is 12.3. The van der Waals surface area contributed by atoms with Crippen LogP contribution in [0.3, 0.4) is 0 Å².